The van der Waals surface area contributed by atoms with Crippen molar-refractivity contribution in [2.24, 2.45) is 0 Å². The molecule has 0 bridgehead atoms. The molecule has 0 aliphatic carbocycles. The Kier molecular flexibility index (Phi) is 6.53. The Labute approximate surface area is 170 Å². The smallest absolute Gasteiger partial charge is 0.255 e. The average molecular weight is 416 g/mol. The average Bonchev–Trinajstić information content (AvgIpc) is 3.06. The molecule has 0 radical (unpaired) electrons. The van der Waals surface area contributed by atoms with Crippen LogP contribution >= 0.6 is 0 Å². The summed E-state index contributed by atoms with van der Waals surface area (Å²) in [4.78, 5) is 26.2. The number of ether oxygens (including phenoxy) is 1. The Hall–Kier alpha value is -2.87. The summed E-state index contributed by atoms with van der Waals surface area (Å²) in [7, 11) is -3.10. The maximum atomic E-state index is 12.6. The largest absolute Gasteiger partial charge is 0.492 e. The molecule has 1 fully saturated rings. The molecule has 0 aromatic heterocycles. The summed E-state index contributed by atoms with van der Waals surface area (Å²) in [5.74, 6) is 0.281. The van der Waals surface area contributed by atoms with Gasteiger partial charge in [0.15, 0.2) is 9.84 Å². The third-order valence-corrected chi connectivity index (χ3v) is 5.46. The number of carbonyl (C=O) groups is 2. The van der Waals surface area contributed by atoms with Crippen molar-refractivity contribution in [3.8, 4) is 5.75 Å². The molecule has 1 N–H and O–H groups in total. The van der Waals surface area contributed by atoms with Crippen molar-refractivity contribution >= 4 is 27.3 Å². The zero-order chi connectivity index (χ0) is 20.9. The van der Waals surface area contributed by atoms with E-state index in [0.717, 1.165) is 24.8 Å². The van der Waals surface area contributed by atoms with Gasteiger partial charge in [0.2, 0.25) is 5.91 Å². The molecule has 2 aromatic rings. The van der Waals surface area contributed by atoms with Gasteiger partial charge in [-0.15, -0.1) is 0 Å². The highest BCUT2D eigenvalue weighted by Gasteiger charge is 2.20. The van der Waals surface area contributed by atoms with E-state index >= 15 is 0 Å². The van der Waals surface area contributed by atoms with E-state index in [1.165, 1.54) is 0 Å². The van der Waals surface area contributed by atoms with Gasteiger partial charge in [-0.05, 0) is 36.2 Å². The van der Waals surface area contributed by atoms with E-state index in [-0.39, 0.29) is 24.2 Å². The number of rotatable bonds is 8. The van der Waals surface area contributed by atoms with Crippen LogP contribution in [0.25, 0.3) is 0 Å². The van der Waals surface area contributed by atoms with Crippen LogP contribution in [0.3, 0.4) is 0 Å². The summed E-state index contributed by atoms with van der Waals surface area (Å²) >= 11 is 0. The molecule has 154 valence electrons. The van der Waals surface area contributed by atoms with Crippen molar-refractivity contribution in [3.05, 3.63) is 59.7 Å². The normalized spacial score (nSPS) is 14.1. The lowest BCUT2D eigenvalue weighted by Gasteiger charge is -2.16. The fourth-order valence-electron chi connectivity index (χ4n) is 3.08. The van der Waals surface area contributed by atoms with Crippen molar-refractivity contribution in [1.29, 1.82) is 0 Å². The third-order valence-electron chi connectivity index (χ3n) is 4.55. The number of sulfone groups is 1. The zero-order valence-electron chi connectivity index (χ0n) is 16.3. The molecule has 0 spiro atoms. The second kappa shape index (κ2) is 9.09. The maximum absolute atomic E-state index is 12.6. The third kappa shape index (κ3) is 6.32. The van der Waals surface area contributed by atoms with Gasteiger partial charge in [0.1, 0.15) is 12.4 Å². The van der Waals surface area contributed by atoms with E-state index in [2.05, 4.69) is 5.32 Å². The number of hydrogen-bond donors (Lipinski definition) is 1. The Morgan fingerprint density at radius 1 is 1.17 bits per heavy atom. The minimum absolute atomic E-state index is 0.0491. The van der Waals surface area contributed by atoms with Crippen molar-refractivity contribution in [2.75, 3.05) is 30.5 Å². The SMILES string of the molecule is CS(=O)(=O)CCOc1cccc(NC(=O)c2cccc(CN3CCCC3=O)c2)c1. The van der Waals surface area contributed by atoms with E-state index < -0.39 is 9.84 Å². The molecule has 1 aliphatic heterocycles. The maximum Gasteiger partial charge on any atom is 0.255 e. The molecular weight excluding hydrogens is 392 g/mol. The van der Waals surface area contributed by atoms with Crippen molar-refractivity contribution < 1.29 is 22.7 Å². The van der Waals surface area contributed by atoms with E-state index in [1.54, 1.807) is 47.4 Å². The molecule has 7 nitrogen and oxygen atoms in total. The lowest BCUT2D eigenvalue weighted by molar-refractivity contribution is -0.128. The predicted molar refractivity (Wildman–Crippen MR) is 111 cm³/mol. The summed E-state index contributed by atoms with van der Waals surface area (Å²) in [6.45, 7) is 1.30. The van der Waals surface area contributed by atoms with Crippen LogP contribution in [0.15, 0.2) is 48.5 Å². The van der Waals surface area contributed by atoms with Crippen LogP contribution in [0.2, 0.25) is 0 Å². The van der Waals surface area contributed by atoms with E-state index in [4.69, 9.17) is 4.74 Å². The molecule has 8 heteroatoms. The van der Waals surface area contributed by atoms with Gasteiger partial charge >= 0.3 is 0 Å². The Balaban J connectivity index is 1.62. The van der Waals surface area contributed by atoms with Gasteiger partial charge in [0.25, 0.3) is 5.91 Å². The summed E-state index contributed by atoms with van der Waals surface area (Å²) in [5.41, 5.74) is 1.95. The first-order chi connectivity index (χ1) is 13.8. The minimum atomic E-state index is -3.10. The standard InChI is InChI=1S/C21H24N2O5S/c1-29(26,27)12-11-28-19-8-3-7-18(14-19)22-21(25)17-6-2-5-16(13-17)15-23-10-4-9-20(23)24/h2-3,5-8,13-14H,4,9-12,15H2,1H3,(H,22,25). The molecule has 0 unspecified atom stereocenters. The summed E-state index contributed by atoms with van der Waals surface area (Å²) in [5, 5.41) is 2.82. The van der Waals surface area contributed by atoms with Crippen LogP contribution < -0.4 is 10.1 Å². The van der Waals surface area contributed by atoms with Gasteiger partial charge < -0.3 is 15.0 Å². The molecule has 3 rings (SSSR count). The Morgan fingerprint density at radius 2 is 1.97 bits per heavy atom. The molecule has 29 heavy (non-hydrogen) atoms. The molecule has 1 aliphatic rings. The lowest BCUT2D eigenvalue weighted by atomic mass is 10.1. The molecule has 1 saturated heterocycles. The van der Waals surface area contributed by atoms with Gasteiger partial charge in [0, 0.05) is 43.1 Å². The van der Waals surface area contributed by atoms with Crippen LogP contribution in [0.1, 0.15) is 28.8 Å². The van der Waals surface area contributed by atoms with Gasteiger partial charge in [0.05, 0.1) is 5.75 Å². The van der Waals surface area contributed by atoms with Gasteiger partial charge in [-0.25, -0.2) is 8.42 Å². The van der Waals surface area contributed by atoms with Crippen LogP contribution in [-0.4, -0.2) is 50.3 Å². The first-order valence-corrected chi connectivity index (χ1v) is 11.4. The highest BCUT2D eigenvalue weighted by Crippen LogP contribution is 2.19. The summed E-state index contributed by atoms with van der Waals surface area (Å²) in [6, 6.07) is 14.0. The first-order valence-electron chi connectivity index (χ1n) is 9.39. The number of nitrogens with one attached hydrogen (secondary N) is 1. The minimum Gasteiger partial charge on any atom is -0.492 e. The van der Waals surface area contributed by atoms with Crippen molar-refractivity contribution in [1.82, 2.24) is 4.90 Å². The van der Waals surface area contributed by atoms with Crippen LogP contribution in [0.4, 0.5) is 5.69 Å². The van der Waals surface area contributed by atoms with Crippen molar-refractivity contribution in [3.63, 3.8) is 0 Å². The monoisotopic (exact) mass is 416 g/mol. The van der Waals surface area contributed by atoms with Gasteiger partial charge in [-0.2, -0.15) is 0 Å². The molecule has 2 amide bonds. The summed E-state index contributed by atoms with van der Waals surface area (Å²) in [6.07, 6.45) is 2.62. The Bertz CT molecular complexity index is 1000. The number of anilines is 1. The Morgan fingerprint density at radius 3 is 2.69 bits per heavy atom. The second-order valence-electron chi connectivity index (χ2n) is 7.08. The predicted octanol–water partition coefficient (Wildman–Crippen LogP) is 2.48. The van der Waals surface area contributed by atoms with Gasteiger partial charge in [-0.1, -0.05) is 18.2 Å². The van der Waals surface area contributed by atoms with Crippen molar-refractivity contribution in [2.45, 2.75) is 19.4 Å². The van der Waals surface area contributed by atoms with E-state index in [9.17, 15) is 18.0 Å². The fraction of sp³-hybridized carbons (Fsp3) is 0.333. The van der Waals surface area contributed by atoms with E-state index in [1.807, 2.05) is 6.07 Å². The molecule has 0 saturated carbocycles. The summed E-state index contributed by atoms with van der Waals surface area (Å²) < 4.78 is 27.8. The highest BCUT2D eigenvalue weighted by atomic mass is 32.2. The number of nitrogens with zero attached hydrogens (tertiary/aromatic N) is 1. The molecule has 0 atom stereocenters. The number of hydrogen-bond acceptors (Lipinski definition) is 5. The number of carbonyl (C=O) groups excluding carboxylic acids is 2. The van der Waals surface area contributed by atoms with Crippen LogP contribution in [0.5, 0.6) is 5.75 Å². The molecule has 2 aromatic carbocycles. The second-order valence-corrected chi connectivity index (χ2v) is 9.34. The number of benzene rings is 2. The molecule has 1 heterocycles. The van der Waals surface area contributed by atoms with Crippen LogP contribution in [0, 0.1) is 0 Å². The highest BCUT2D eigenvalue weighted by molar-refractivity contribution is 7.90. The topological polar surface area (TPSA) is 92.8 Å². The quantitative estimate of drug-likeness (QED) is 0.714. The van der Waals surface area contributed by atoms with Crippen LogP contribution in [-0.2, 0) is 21.2 Å². The number of amides is 2. The zero-order valence-corrected chi connectivity index (χ0v) is 17.1. The van der Waals surface area contributed by atoms with Gasteiger partial charge in [-0.3, -0.25) is 9.59 Å². The molecular formula is C21H24N2O5S. The lowest BCUT2D eigenvalue weighted by Crippen LogP contribution is -2.24. The number of likely N-dealkylation sites (tertiary alicyclic amines) is 1. The fourth-order valence-corrected chi connectivity index (χ4v) is 3.47. The van der Waals surface area contributed by atoms with E-state index in [0.29, 0.717) is 30.0 Å². The first kappa shape index (κ1) is 20.9.